The van der Waals surface area contributed by atoms with Crippen LogP contribution >= 0.6 is 27.5 Å². The maximum Gasteiger partial charge on any atom is 0.126 e. The van der Waals surface area contributed by atoms with Crippen molar-refractivity contribution in [3.8, 4) is 0 Å². The SMILES string of the molecule is CCCC(C)(CBr)Cc1cc(Cl)ccc1F. The average Bonchev–Trinajstić information content (AvgIpc) is 2.24. The highest BCUT2D eigenvalue weighted by Gasteiger charge is 2.23. The van der Waals surface area contributed by atoms with E-state index in [4.69, 9.17) is 11.6 Å². The second kappa shape index (κ2) is 6.02. The molecule has 0 bridgehead atoms. The number of benzene rings is 1. The molecule has 3 heteroatoms. The maximum absolute atomic E-state index is 13.6. The van der Waals surface area contributed by atoms with Crippen LogP contribution in [0.5, 0.6) is 0 Å². The molecule has 1 unspecified atom stereocenters. The van der Waals surface area contributed by atoms with Crippen LogP contribution in [0.2, 0.25) is 5.02 Å². The van der Waals surface area contributed by atoms with Crippen molar-refractivity contribution in [3.63, 3.8) is 0 Å². The average molecular weight is 308 g/mol. The zero-order valence-electron chi connectivity index (χ0n) is 9.69. The first kappa shape index (κ1) is 14.0. The molecule has 1 atom stereocenters. The predicted molar refractivity (Wildman–Crippen MR) is 71.9 cm³/mol. The Morgan fingerprint density at radius 1 is 1.44 bits per heavy atom. The van der Waals surface area contributed by atoms with E-state index in [0.717, 1.165) is 24.6 Å². The van der Waals surface area contributed by atoms with Crippen molar-refractivity contribution in [3.05, 3.63) is 34.6 Å². The Bertz CT molecular complexity index is 354. The van der Waals surface area contributed by atoms with Gasteiger partial charge in [-0.25, -0.2) is 4.39 Å². The van der Waals surface area contributed by atoms with E-state index in [9.17, 15) is 4.39 Å². The van der Waals surface area contributed by atoms with Gasteiger partial charge in [0.15, 0.2) is 0 Å². The normalized spacial score (nSPS) is 14.8. The summed E-state index contributed by atoms with van der Waals surface area (Å²) in [6.45, 7) is 4.32. The van der Waals surface area contributed by atoms with Gasteiger partial charge in [0, 0.05) is 10.4 Å². The summed E-state index contributed by atoms with van der Waals surface area (Å²) >= 11 is 9.41. The van der Waals surface area contributed by atoms with Gasteiger partial charge in [0.05, 0.1) is 0 Å². The fourth-order valence-corrected chi connectivity index (χ4v) is 2.62. The molecule has 0 aromatic heterocycles. The van der Waals surface area contributed by atoms with Gasteiger partial charge in [0.25, 0.3) is 0 Å². The largest absolute Gasteiger partial charge is 0.207 e. The third-order valence-corrected chi connectivity index (χ3v) is 4.39. The van der Waals surface area contributed by atoms with Gasteiger partial charge in [0.2, 0.25) is 0 Å². The Morgan fingerprint density at radius 3 is 2.69 bits per heavy atom. The quantitative estimate of drug-likeness (QED) is 0.654. The van der Waals surface area contributed by atoms with E-state index < -0.39 is 0 Å². The second-order valence-corrected chi connectivity index (χ2v) is 5.60. The summed E-state index contributed by atoms with van der Waals surface area (Å²) < 4.78 is 13.6. The molecular weight excluding hydrogens is 290 g/mol. The van der Waals surface area contributed by atoms with Crippen LogP contribution in [0.1, 0.15) is 32.3 Å². The molecule has 1 aromatic carbocycles. The predicted octanol–water partition coefficient (Wildman–Crippen LogP) is 5.22. The number of hydrogen-bond donors (Lipinski definition) is 0. The lowest BCUT2D eigenvalue weighted by Gasteiger charge is -2.27. The van der Waals surface area contributed by atoms with Gasteiger partial charge in [-0.15, -0.1) is 0 Å². The molecule has 0 spiro atoms. The zero-order valence-corrected chi connectivity index (χ0v) is 12.0. The minimum Gasteiger partial charge on any atom is -0.207 e. The third kappa shape index (κ3) is 3.74. The van der Waals surface area contributed by atoms with E-state index in [2.05, 4.69) is 29.8 Å². The molecule has 0 aliphatic heterocycles. The van der Waals surface area contributed by atoms with Gasteiger partial charge < -0.3 is 0 Å². The van der Waals surface area contributed by atoms with Crippen LogP contribution < -0.4 is 0 Å². The summed E-state index contributed by atoms with van der Waals surface area (Å²) in [5.41, 5.74) is 0.809. The molecule has 0 radical (unpaired) electrons. The minimum absolute atomic E-state index is 0.0975. The fraction of sp³-hybridized carbons (Fsp3) is 0.538. The molecule has 0 saturated carbocycles. The summed E-state index contributed by atoms with van der Waals surface area (Å²) in [5, 5.41) is 1.48. The minimum atomic E-state index is -0.160. The fourth-order valence-electron chi connectivity index (χ4n) is 1.94. The second-order valence-electron chi connectivity index (χ2n) is 4.61. The third-order valence-electron chi connectivity index (χ3n) is 2.80. The van der Waals surface area contributed by atoms with Crippen LogP contribution in [-0.4, -0.2) is 5.33 Å². The van der Waals surface area contributed by atoms with Crippen molar-refractivity contribution in [1.29, 1.82) is 0 Å². The Kier molecular flexibility index (Phi) is 5.26. The van der Waals surface area contributed by atoms with Crippen LogP contribution in [0.3, 0.4) is 0 Å². The topological polar surface area (TPSA) is 0 Å². The number of alkyl halides is 1. The molecule has 0 aliphatic carbocycles. The Balaban J connectivity index is 2.89. The molecule has 1 rings (SSSR count). The first-order chi connectivity index (χ1) is 7.50. The molecule has 0 amide bonds. The van der Waals surface area contributed by atoms with Crippen LogP contribution in [-0.2, 0) is 6.42 Å². The van der Waals surface area contributed by atoms with E-state index in [1.54, 1.807) is 12.1 Å². The molecule has 16 heavy (non-hydrogen) atoms. The Morgan fingerprint density at radius 2 is 2.12 bits per heavy atom. The monoisotopic (exact) mass is 306 g/mol. The van der Waals surface area contributed by atoms with Crippen LogP contribution in [0.15, 0.2) is 18.2 Å². The van der Waals surface area contributed by atoms with E-state index in [1.807, 2.05) is 0 Å². The van der Waals surface area contributed by atoms with Crippen molar-refractivity contribution in [2.45, 2.75) is 33.1 Å². The molecule has 90 valence electrons. The van der Waals surface area contributed by atoms with Crippen LogP contribution in [0.4, 0.5) is 4.39 Å². The van der Waals surface area contributed by atoms with Crippen molar-refractivity contribution in [1.82, 2.24) is 0 Å². The van der Waals surface area contributed by atoms with E-state index >= 15 is 0 Å². The summed E-state index contributed by atoms with van der Waals surface area (Å²) in [4.78, 5) is 0. The van der Waals surface area contributed by atoms with Crippen molar-refractivity contribution in [2.24, 2.45) is 5.41 Å². The first-order valence-electron chi connectivity index (χ1n) is 5.50. The molecule has 0 fully saturated rings. The summed E-state index contributed by atoms with van der Waals surface area (Å²) in [6, 6.07) is 4.76. The van der Waals surface area contributed by atoms with Gasteiger partial charge in [0.1, 0.15) is 5.82 Å². The maximum atomic E-state index is 13.6. The summed E-state index contributed by atoms with van der Waals surface area (Å²) in [5.74, 6) is -0.160. The highest BCUT2D eigenvalue weighted by atomic mass is 79.9. The van der Waals surface area contributed by atoms with Crippen molar-refractivity contribution in [2.75, 3.05) is 5.33 Å². The molecule has 0 saturated heterocycles. The van der Waals surface area contributed by atoms with Gasteiger partial charge in [-0.3, -0.25) is 0 Å². The van der Waals surface area contributed by atoms with Crippen molar-refractivity contribution < 1.29 is 4.39 Å². The molecule has 0 aliphatic rings. The molecule has 1 aromatic rings. The van der Waals surface area contributed by atoms with E-state index in [-0.39, 0.29) is 11.2 Å². The lowest BCUT2D eigenvalue weighted by Crippen LogP contribution is -2.21. The van der Waals surface area contributed by atoms with Crippen LogP contribution in [0, 0.1) is 11.2 Å². The van der Waals surface area contributed by atoms with Gasteiger partial charge >= 0.3 is 0 Å². The highest BCUT2D eigenvalue weighted by Crippen LogP contribution is 2.32. The smallest absolute Gasteiger partial charge is 0.126 e. The Hall–Kier alpha value is -0.0800. The molecule has 0 heterocycles. The van der Waals surface area contributed by atoms with Crippen molar-refractivity contribution >= 4 is 27.5 Å². The lowest BCUT2D eigenvalue weighted by atomic mass is 9.81. The highest BCUT2D eigenvalue weighted by molar-refractivity contribution is 9.09. The van der Waals surface area contributed by atoms with E-state index in [1.165, 1.54) is 6.07 Å². The lowest BCUT2D eigenvalue weighted by molar-refractivity contribution is 0.335. The standard InChI is InChI=1S/C13H17BrClF/c1-3-6-13(2,9-14)8-10-7-11(15)4-5-12(10)16/h4-5,7H,3,6,8-9H2,1-2H3. The van der Waals surface area contributed by atoms with E-state index in [0.29, 0.717) is 10.6 Å². The summed E-state index contributed by atoms with van der Waals surface area (Å²) in [6.07, 6.45) is 2.90. The molecule has 0 N–H and O–H groups in total. The zero-order chi connectivity index (χ0) is 12.2. The molecular formula is C13H17BrClF. The number of rotatable bonds is 5. The van der Waals surface area contributed by atoms with Gasteiger partial charge in [-0.2, -0.15) is 0 Å². The van der Waals surface area contributed by atoms with Gasteiger partial charge in [-0.1, -0.05) is 47.8 Å². The number of hydrogen-bond acceptors (Lipinski definition) is 0. The van der Waals surface area contributed by atoms with Crippen LogP contribution in [0.25, 0.3) is 0 Å². The molecule has 0 nitrogen and oxygen atoms in total. The van der Waals surface area contributed by atoms with Gasteiger partial charge in [-0.05, 0) is 42.0 Å². The summed E-state index contributed by atoms with van der Waals surface area (Å²) in [7, 11) is 0. The first-order valence-corrected chi connectivity index (χ1v) is 7.00. The Labute approximate surface area is 110 Å². The number of halogens is 3.